The van der Waals surface area contributed by atoms with Crippen molar-refractivity contribution in [2.75, 3.05) is 29.5 Å². The molecule has 3 amide bonds. The molecule has 2 fully saturated rings. The minimum atomic E-state index is -0.868. The van der Waals surface area contributed by atoms with Crippen molar-refractivity contribution < 1.29 is 23.5 Å². The van der Waals surface area contributed by atoms with E-state index in [2.05, 4.69) is 4.99 Å². The Balaban J connectivity index is 1.72. The molecule has 10 heteroatoms. The largest absolute Gasteiger partial charge is 0.491 e. The first-order valence-corrected chi connectivity index (χ1v) is 11.7. The number of anilines is 2. The fourth-order valence-electron chi connectivity index (χ4n) is 4.45. The molecule has 0 bridgehead atoms. The van der Waals surface area contributed by atoms with E-state index in [9.17, 15) is 18.8 Å². The number of piperidine rings is 1. The van der Waals surface area contributed by atoms with Crippen LogP contribution in [-0.2, 0) is 14.4 Å². The Morgan fingerprint density at radius 1 is 1.08 bits per heavy atom. The molecule has 2 aromatic carbocycles. The fourth-order valence-corrected chi connectivity index (χ4v) is 4.45. The normalized spacial score (nSPS) is 18.7. The first-order valence-electron chi connectivity index (χ1n) is 11.7. The third-order valence-electron chi connectivity index (χ3n) is 6.22. The van der Waals surface area contributed by atoms with Crippen LogP contribution in [0.5, 0.6) is 5.75 Å². The van der Waals surface area contributed by atoms with Crippen molar-refractivity contribution in [2.24, 2.45) is 16.5 Å². The van der Waals surface area contributed by atoms with Crippen LogP contribution in [-0.4, -0.2) is 43.1 Å². The van der Waals surface area contributed by atoms with E-state index < -0.39 is 17.6 Å². The van der Waals surface area contributed by atoms with Crippen LogP contribution in [0.15, 0.2) is 52.7 Å². The van der Waals surface area contributed by atoms with E-state index in [0.717, 1.165) is 23.7 Å². The monoisotopic (exact) mass is 493 g/mol. The molecule has 2 saturated heterocycles. The summed E-state index contributed by atoms with van der Waals surface area (Å²) in [7, 11) is 0. The van der Waals surface area contributed by atoms with Gasteiger partial charge in [0.1, 0.15) is 11.4 Å². The van der Waals surface area contributed by atoms with E-state index in [1.165, 1.54) is 17.0 Å². The van der Waals surface area contributed by atoms with E-state index >= 15 is 0 Å². The summed E-state index contributed by atoms with van der Waals surface area (Å²) >= 11 is 0. The van der Waals surface area contributed by atoms with Crippen molar-refractivity contribution in [1.82, 2.24) is 0 Å². The second-order valence-electron chi connectivity index (χ2n) is 8.59. The number of nitrogens with zero attached hydrogens (tertiary/aromatic N) is 3. The summed E-state index contributed by atoms with van der Waals surface area (Å²) in [6, 6.07) is 9.51. The van der Waals surface area contributed by atoms with Crippen molar-refractivity contribution in [1.29, 1.82) is 0 Å². The van der Waals surface area contributed by atoms with Gasteiger partial charge in [0.05, 0.1) is 12.3 Å². The van der Waals surface area contributed by atoms with Crippen molar-refractivity contribution in [3.8, 4) is 5.75 Å². The van der Waals surface area contributed by atoms with Crippen molar-refractivity contribution in [3.05, 3.63) is 59.0 Å². The van der Waals surface area contributed by atoms with Crippen molar-refractivity contribution in [2.45, 2.75) is 33.1 Å². The number of benzene rings is 2. The Bertz CT molecular complexity index is 1300. The van der Waals surface area contributed by atoms with Gasteiger partial charge in [0.15, 0.2) is 11.6 Å². The van der Waals surface area contributed by atoms with Crippen LogP contribution in [0.1, 0.15) is 31.7 Å². The van der Waals surface area contributed by atoms with Crippen LogP contribution >= 0.6 is 0 Å². The van der Waals surface area contributed by atoms with Gasteiger partial charge >= 0.3 is 0 Å². The molecule has 0 saturated carbocycles. The highest BCUT2D eigenvalue weighted by atomic mass is 19.1. The molecule has 0 spiro atoms. The van der Waals surface area contributed by atoms with Gasteiger partial charge in [-0.25, -0.2) is 9.38 Å². The quantitative estimate of drug-likeness (QED) is 0.598. The molecule has 2 aromatic rings. The first kappa shape index (κ1) is 24.9. The zero-order valence-corrected chi connectivity index (χ0v) is 20.2. The van der Waals surface area contributed by atoms with Gasteiger partial charge in [0.2, 0.25) is 5.91 Å². The molecule has 0 atom stereocenters. The molecular weight excluding hydrogens is 465 g/mol. The van der Waals surface area contributed by atoms with E-state index in [1.54, 1.807) is 17.9 Å². The summed E-state index contributed by atoms with van der Waals surface area (Å²) < 4.78 is 19.6. The van der Waals surface area contributed by atoms with Crippen LogP contribution in [0.2, 0.25) is 0 Å². The summed E-state index contributed by atoms with van der Waals surface area (Å²) in [5.74, 6) is -1.85. The van der Waals surface area contributed by atoms with Gasteiger partial charge in [-0.05, 0) is 62.6 Å². The predicted octanol–water partition coefficient (Wildman–Crippen LogP) is 2.87. The molecule has 2 heterocycles. The fraction of sp³-hybridized carbons (Fsp3) is 0.308. The highest BCUT2D eigenvalue weighted by molar-refractivity contribution is 6.51. The molecule has 0 unspecified atom stereocenters. The summed E-state index contributed by atoms with van der Waals surface area (Å²) in [6.07, 6.45) is 1.56. The molecule has 2 aliphatic heterocycles. The number of hydrogen-bond donors (Lipinski definition) is 2. The SMILES string of the molecule is CCOc1ccc(N=C2C(=O)N(c3ccc(N4CCCC4=O)c(C)c3)CCC2=C(N)C(N)=O)cc1F. The van der Waals surface area contributed by atoms with Crippen LogP contribution < -0.4 is 26.0 Å². The average Bonchev–Trinajstić information content (AvgIpc) is 3.27. The van der Waals surface area contributed by atoms with E-state index in [0.29, 0.717) is 25.3 Å². The molecule has 36 heavy (non-hydrogen) atoms. The zero-order valence-electron chi connectivity index (χ0n) is 20.2. The van der Waals surface area contributed by atoms with Gasteiger partial charge in [0.25, 0.3) is 11.8 Å². The number of rotatable bonds is 6. The lowest BCUT2D eigenvalue weighted by Crippen LogP contribution is -2.44. The number of nitrogens with two attached hydrogens (primary N) is 2. The van der Waals surface area contributed by atoms with Crippen LogP contribution in [0.25, 0.3) is 0 Å². The number of hydrogen-bond acceptors (Lipinski definition) is 6. The second-order valence-corrected chi connectivity index (χ2v) is 8.59. The number of ether oxygens (including phenoxy) is 1. The van der Waals surface area contributed by atoms with E-state index in [4.69, 9.17) is 16.2 Å². The Morgan fingerprint density at radius 2 is 1.86 bits per heavy atom. The highest BCUT2D eigenvalue weighted by Gasteiger charge is 2.33. The maximum absolute atomic E-state index is 14.4. The van der Waals surface area contributed by atoms with Gasteiger partial charge in [-0.1, -0.05) is 0 Å². The smallest absolute Gasteiger partial charge is 0.277 e. The average molecular weight is 494 g/mol. The number of carbonyl (C=O) groups is 3. The molecule has 2 aliphatic rings. The Morgan fingerprint density at radius 3 is 2.47 bits per heavy atom. The predicted molar refractivity (Wildman–Crippen MR) is 135 cm³/mol. The number of carbonyl (C=O) groups excluding carboxylic acids is 3. The number of aliphatic imine (C=N–C) groups is 1. The van der Waals surface area contributed by atoms with Gasteiger partial charge in [-0.3, -0.25) is 14.4 Å². The minimum Gasteiger partial charge on any atom is -0.491 e. The van der Waals surface area contributed by atoms with Gasteiger partial charge in [0, 0.05) is 42.5 Å². The standard InChI is InChI=1S/C26H28FN5O4/c1-3-36-21-9-6-16(14-19(21)27)30-24-18(23(28)25(29)34)10-12-31(26(24)35)17-7-8-20(15(2)13-17)32-11-4-5-22(32)33/h6-9,13-14H,3-5,10-12,28H2,1-2H3,(H2,29,34). The van der Waals surface area contributed by atoms with Crippen molar-refractivity contribution in [3.63, 3.8) is 0 Å². The first-order chi connectivity index (χ1) is 17.2. The van der Waals surface area contributed by atoms with Gasteiger partial charge in [-0.2, -0.15) is 0 Å². The summed E-state index contributed by atoms with van der Waals surface area (Å²) in [5.41, 5.74) is 13.6. The molecule has 4 rings (SSSR count). The third kappa shape index (κ3) is 4.79. The second kappa shape index (κ2) is 10.2. The molecule has 0 aromatic heterocycles. The number of amides is 3. The molecule has 188 valence electrons. The summed E-state index contributed by atoms with van der Waals surface area (Å²) in [6.45, 7) is 4.82. The Hall–Kier alpha value is -4.21. The third-order valence-corrected chi connectivity index (χ3v) is 6.22. The lowest BCUT2D eigenvalue weighted by Gasteiger charge is -2.31. The highest BCUT2D eigenvalue weighted by Crippen LogP contribution is 2.32. The Kier molecular flexibility index (Phi) is 7.05. The maximum atomic E-state index is 14.4. The van der Waals surface area contributed by atoms with Crippen LogP contribution in [0.4, 0.5) is 21.5 Å². The van der Waals surface area contributed by atoms with Gasteiger partial charge < -0.3 is 26.0 Å². The zero-order chi connectivity index (χ0) is 26.0. The maximum Gasteiger partial charge on any atom is 0.277 e. The van der Waals surface area contributed by atoms with Gasteiger partial charge in [-0.15, -0.1) is 0 Å². The van der Waals surface area contributed by atoms with Crippen LogP contribution in [0, 0.1) is 12.7 Å². The lowest BCUT2D eigenvalue weighted by atomic mass is 9.97. The molecular formula is C26H28FN5O4. The number of primary amides is 1. The van der Waals surface area contributed by atoms with Crippen molar-refractivity contribution >= 4 is 40.5 Å². The molecule has 0 radical (unpaired) electrons. The Labute approximate surface area is 208 Å². The topological polar surface area (TPSA) is 131 Å². The summed E-state index contributed by atoms with van der Waals surface area (Å²) in [5, 5.41) is 0. The molecule has 0 aliphatic carbocycles. The van der Waals surface area contributed by atoms with E-state index in [-0.39, 0.29) is 47.3 Å². The molecule has 9 nitrogen and oxygen atoms in total. The van der Waals surface area contributed by atoms with Crippen LogP contribution in [0.3, 0.4) is 0 Å². The lowest BCUT2D eigenvalue weighted by molar-refractivity contribution is -0.117. The summed E-state index contributed by atoms with van der Waals surface area (Å²) in [4.78, 5) is 45.2. The molecule has 4 N–H and O–H groups in total. The number of halogens is 1. The van der Waals surface area contributed by atoms with E-state index in [1.807, 2.05) is 19.1 Å². The minimum absolute atomic E-state index is 0.0671. The number of aryl methyl sites for hydroxylation is 1.